The van der Waals surface area contributed by atoms with Gasteiger partial charge in [-0.1, -0.05) is 65.8 Å². The standard InChI is InChI=1S/C28H22ClN3O3S/c1-35-22-13-7-18(8-14-22)16-32-27(34)26-25(23(15-30-26)19-5-3-2-4-6-19)31-28(32)36-17-24(33)20-9-11-21(29)12-10-20/h2-15,30H,16-17H2,1H3. The van der Waals surface area contributed by atoms with Gasteiger partial charge in [0.1, 0.15) is 16.8 Å². The van der Waals surface area contributed by atoms with Crippen molar-refractivity contribution in [3.63, 3.8) is 0 Å². The highest BCUT2D eigenvalue weighted by atomic mass is 35.5. The van der Waals surface area contributed by atoms with Crippen LogP contribution in [0.15, 0.2) is 95.0 Å². The predicted octanol–water partition coefficient (Wildman–Crippen LogP) is 6.08. The van der Waals surface area contributed by atoms with E-state index in [9.17, 15) is 9.59 Å². The van der Waals surface area contributed by atoms with Gasteiger partial charge in [0.05, 0.1) is 19.4 Å². The molecule has 3 aromatic carbocycles. The maximum absolute atomic E-state index is 13.6. The van der Waals surface area contributed by atoms with Gasteiger partial charge in [-0.15, -0.1) is 0 Å². The number of Topliss-reactive ketones (excluding diaryl/α,β-unsaturated/α-hetero) is 1. The van der Waals surface area contributed by atoms with Crippen LogP contribution in [-0.2, 0) is 6.54 Å². The van der Waals surface area contributed by atoms with E-state index in [4.69, 9.17) is 21.3 Å². The molecule has 0 fully saturated rings. The number of nitrogens with one attached hydrogen (secondary N) is 1. The van der Waals surface area contributed by atoms with Gasteiger partial charge in [-0.2, -0.15) is 0 Å². The van der Waals surface area contributed by atoms with Gasteiger partial charge in [-0.3, -0.25) is 14.2 Å². The minimum Gasteiger partial charge on any atom is -0.497 e. The average molecular weight is 516 g/mol. The molecule has 2 aromatic heterocycles. The first-order valence-corrected chi connectivity index (χ1v) is 12.6. The van der Waals surface area contributed by atoms with Gasteiger partial charge in [-0.05, 0) is 47.5 Å². The van der Waals surface area contributed by atoms with E-state index >= 15 is 0 Å². The highest BCUT2D eigenvalue weighted by Gasteiger charge is 2.18. The molecule has 36 heavy (non-hydrogen) atoms. The molecule has 6 nitrogen and oxygen atoms in total. The molecule has 0 saturated carbocycles. The zero-order valence-electron chi connectivity index (χ0n) is 19.4. The molecule has 2 heterocycles. The predicted molar refractivity (Wildman–Crippen MR) is 144 cm³/mol. The fourth-order valence-electron chi connectivity index (χ4n) is 3.92. The van der Waals surface area contributed by atoms with Crippen molar-refractivity contribution in [3.8, 4) is 16.9 Å². The number of aromatic nitrogens is 3. The van der Waals surface area contributed by atoms with Crippen LogP contribution in [0, 0.1) is 0 Å². The summed E-state index contributed by atoms with van der Waals surface area (Å²) in [5.74, 6) is 0.798. The van der Waals surface area contributed by atoms with E-state index in [1.54, 1.807) is 42.1 Å². The maximum Gasteiger partial charge on any atom is 0.278 e. The number of thioether (sulfide) groups is 1. The molecule has 8 heteroatoms. The van der Waals surface area contributed by atoms with E-state index in [1.165, 1.54) is 11.8 Å². The van der Waals surface area contributed by atoms with E-state index in [-0.39, 0.29) is 17.1 Å². The number of nitrogens with zero attached hydrogens (tertiary/aromatic N) is 2. The van der Waals surface area contributed by atoms with Crippen molar-refractivity contribution in [1.29, 1.82) is 0 Å². The molecule has 1 N–H and O–H groups in total. The van der Waals surface area contributed by atoms with Gasteiger partial charge in [0.15, 0.2) is 10.9 Å². The SMILES string of the molecule is COc1ccc(Cn2c(SCC(=O)c3ccc(Cl)cc3)nc3c(-c4ccccc4)c[nH]c3c2=O)cc1. The molecule has 0 aliphatic carbocycles. The van der Waals surface area contributed by atoms with Gasteiger partial charge in [0, 0.05) is 22.3 Å². The summed E-state index contributed by atoms with van der Waals surface area (Å²) < 4.78 is 6.85. The van der Waals surface area contributed by atoms with E-state index in [0.717, 1.165) is 22.4 Å². The van der Waals surface area contributed by atoms with Crippen molar-refractivity contribution < 1.29 is 9.53 Å². The first-order chi connectivity index (χ1) is 17.5. The summed E-state index contributed by atoms with van der Waals surface area (Å²) in [5.41, 5.74) is 4.08. The molecule has 0 saturated heterocycles. The zero-order valence-corrected chi connectivity index (χ0v) is 21.0. The van der Waals surface area contributed by atoms with E-state index in [1.807, 2.05) is 54.6 Å². The summed E-state index contributed by atoms with van der Waals surface area (Å²) in [5, 5.41) is 1.04. The topological polar surface area (TPSA) is 77.0 Å². The molecule has 0 spiro atoms. The molecule has 0 bridgehead atoms. The third-order valence-electron chi connectivity index (χ3n) is 5.83. The number of aromatic amines is 1. The van der Waals surface area contributed by atoms with Crippen LogP contribution in [0.1, 0.15) is 15.9 Å². The third-order valence-corrected chi connectivity index (χ3v) is 7.06. The second-order valence-corrected chi connectivity index (χ2v) is 9.52. The Kier molecular flexibility index (Phi) is 6.93. The second kappa shape index (κ2) is 10.4. The van der Waals surface area contributed by atoms with Crippen LogP contribution in [-0.4, -0.2) is 33.2 Å². The summed E-state index contributed by atoms with van der Waals surface area (Å²) in [4.78, 5) is 34.5. The van der Waals surface area contributed by atoms with Crippen molar-refractivity contribution in [2.45, 2.75) is 11.7 Å². The van der Waals surface area contributed by atoms with Crippen molar-refractivity contribution in [2.24, 2.45) is 0 Å². The molecular weight excluding hydrogens is 494 g/mol. The summed E-state index contributed by atoms with van der Waals surface area (Å²) in [6, 6.07) is 24.1. The van der Waals surface area contributed by atoms with Crippen LogP contribution in [0.25, 0.3) is 22.2 Å². The first-order valence-electron chi connectivity index (χ1n) is 11.3. The fraction of sp³-hybridized carbons (Fsp3) is 0.107. The van der Waals surface area contributed by atoms with Crippen LogP contribution in [0.4, 0.5) is 0 Å². The minimum atomic E-state index is -0.195. The Hall–Kier alpha value is -3.81. The number of methoxy groups -OCH3 is 1. The number of hydrogen-bond acceptors (Lipinski definition) is 5. The monoisotopic (exact) mass is 515 g/mol. The molecule has 0 unspecified atom stereocenters. The Balaban J connectivity index is 1.55. The number of benzene rings is 3. The van der Waals surface area contributed by atoms with Gasteiger partial charge in [0.25, 0.3) is 5.56 Å². The number of hydrogen-bond donors (Lipinski definition) is 1. The van der Waals surface area contributed by atoms with Gasteiger partial charge in [0.2, 0.25) is 0 Å². The Labute approximate surface area is 216 Å². The number of ether oxygens (including phenoxy) is 1. The van der Waals surface area contributed by atoms with Crippen LogP contribution >= 0.6 is 23.4 Å². The van der Waals surface area contributed by atoms with E-state index < -0.39 is 0 Å². The molecule has 0 atom stereocenters. The molecule has 0 aliphatic rings. The Bertz CT molecular complexity index is 1580. The Morgan fingerprint density at radius 2 is 1.75 bits per heavy atom. The Morgan fingerprint density at radius 1 is 1.03 bits per heavy atom. The highest BCUT2D eigenvalue weighted by Crippen LogP contribution is 2.28. The molecule has 5 aromatic rings. The van der Waals surface area contributed by atoms with Crippen LogP contribution in [0.3, 0.4) is 0 Å². The molecule has 180 valence electrons. The normalized spacial score (nSPS) is 11.1. The summed E-state index contributed by atoms with van der Waals surface area (Å²) in [7, 11) is 1.61. The largest absolute Gasteiger partial charge is 0.497 e. The number of ketones is 1. The number of fused-ring (bicyclic) bond motifs is 1. The number of carbonyl (C=O) groups is 1. The summed E-state index contributed by atoms with van der Waals surface area (Å²) >= 11 is 7.21. The van der Waals surface area contributed by atoms with Crippen LogP contribution in [0.2, 0.25) is 5.02 Å². The number of halogens is 1. The Morgan fingerprint density at radius 3 is 2.44 bits per heavy atom. The van der Waals surface area contributed by atoms with Crippen LogP contribution < -0.4 is 10.3 Å². The first kappa shape index (κ1) is 23.9. The van der Waals surface area contributed by atoms with Gasteiger partial charge in [-0.25, -0.2) is 4.98 Å². The highest BCUT2D eigenvalue weighted by molar-refractivity contribution is 7.99. The summed E-state index contributed by atoms with van der Waals surface area (Å²) in [6.45, 7) is 0.308. The lowest BCUT2D eigenvalue weighted by atomic mass is 10.1. The number of carbonyl (C=O) groups excluding carboxylic acids is 1. The number of rotatable bonds is 8. The van der Waals surface area contributed by atoms with Crippen molar-refractivity contribution in [2.75, 3.05) is 12.9 Å². The van der Waals surface area contributed by atoms with Gasteiger partial charge >= 0.3 is 0 Å². The lowest BCUT2D eigenvalue weighted by molar-refractivity contribution is 0.102. The minimum absolute atomic E-state index is 0.0700. The fourth-order valence-corrected chi connectivity index (χ4v) is 4.93. The molecule has 0 aliphatic heterocycles. The molecule has 5 rings (SSSR count). The van der Waals surface area contributed by atoms with E-state index in [0.29, 0.717) is 33.3 Å². The molecule has 0 radical (unpaired) electrons. The molecule has 0 amide bonds. The average Bonchev–Trinajstić information content (AvgIpc) is 3.34. The van der Waals surface area contributed by atoms with Crippen molar-refractivity contribution >= 4 is 40.2 Å². The lowest BCUT2D eigenvalue weighted by Crippen LogP contribution is -2.24. The summed E-state index contributed by atoms with van der Waals surface area (Å²) in [6.07, 6.45) is 1.80. The smallest absolute Gasteiger partial charge is 0.278 e. The quantitative estimate of drug-likeness (QED) is 0.154. The van der Waals surface area contributed by atoms with E-state index in [2.05, 4.69) is 4.98 Å². The lowest BCUT2D eigenvalue weighted by Gasteiger charge is -2.13. The second-order valence-electron chi connectivity index (χ2n) is 8.14. The molecular formula is C28H22ClN3O3S. The van der Waals surface area contributed by atoms with Crippen LogP contribution in [0.5, 0.6) is 5.75 Å². The zero-order chi connectivity index (χ0) is 25.1. The number of H-pyrrole nitrogens is 1. The maximum atomic E-state index is 13.6. The van der Waals surface area contributed by atoms with Crippen molar-refractivity contribution in [1.82, 2.24) is 14.5 Å². The third kappa shape index (κ3) is 4.94. The van der Waals surface area contributed by atoms with Gasteiger partial charge < -0.3 is 9.72 Å². The van der Waals surface area contributed by atoms with Crippen molar-refractivity contribution in [3.05, 3.63) is 112 Å².